The fourth-order valence-corrected chi connectivity index (χ4v) is 0.845. The zero-order valence-electron chi connectivity index (χ0n) is 6.89. The van der Waals surface area contributed by atoms with Crippen LogP contribution in [0.2, 0.25) is 0 Å². The van der Waals surface area contributed by atoms with Crippen molar-refractivity contribution in [3.8, 4) is 0 Å². The predicted molar refractivity (Wildman–Crippen MR) is 43.6 cm³/mol. The Morgan fingerprint density at radius 2 is 2.17 bits per heavy atom. The number of hydrogen-bond acceptors (Lipinski definition) is 3. The molecule has 0 aromatic carbocycles. The highest BCUT2D eigenvalue weighted by atomic mass is 31.2. The summed E-state index contributed by atoms with van der Waals surface area (Å²) in [6, 6.07) is 0. The predicted octanol–water partition coefficient (Wildman–Crippen LogP) is 0.688. The van der Waals surface area contributed by atoms with Crippen LogP contribution in [0.1, 0.15) is 6.42 Å². The van der Waals surface area contributed by atoms with Crippen molar-refractivity contribution in [1.29, 1.82) is 0 Å². The molecule has 0 aromatic heterocycles. The van der Waals surface area contributed by atoms with Gasteiger partial charge in [-0.05, 0) is 12.0 Å². The minimum atomic E-state index is -4.35. The van der Waals surface area contributed by atoms with Crippen LogP contribution in [0.3, 0.4) is 0 Å². The van der Waals surface area contributed by atoms with E-state index in [1.165, 1.54) is 7.11 Å². The SMILES string of the molecule is C=C(CCOC)COP(=O)(O)O. The fourth-order valence-electron chi connectivity index (χ4n) is 0.494. The van der Waals surface area contributed by atoms with Gasteiger partial charge in [-0.2, -0.15) is 0 Å². The fraction of sp³-hybridized carbons (Fsp3) is 0.667. The smallest absolute Gasteiger partial charge is 0.384 e. The lowest BCUT2D eigenvalue weighted by molar-refractivity contribution is 0.188. The van der Waals surface area contributed by atoms with Gasteiger partial charge in [-0.25, -0.2) is 4.57 Å². The zero-order valence-corrected chi connectivity index (χ0v) is 7.79. The molecule has 0 radical (unpaired) electrons. The van der Waals surface area contributed by atoms with Crippen LogP contribution in [0.5, 0.6) is 0 Å². The van der Waals surface area contributed by atoms with E-state index in [2.05, 4.69) is 11.1 Å². The van der Waals surface area contributed by atoms with E-state index in [1.54, 1.807) is 0 Å². The first kappa shape index (κ1) is 11.8. The molecule has 0 aromatic rings. The lowest BCUT2D eigenvalue weighted by Gasteiger charge is -2.06. The minimum Gasteiger partial charge on any atom is -0.384 e. The number of ether oxygens (including phenoxy) is 1. The molecule has 0 bridgehead atoms. The number of methoxy groups -OCH3 is 1. The molecule has 2 N–H and O–H groups in total. The van der Waals surface area contributed by atoms with Crippen molar-refractivity contribution < 1.29 is 23.6 Å². The molecule has 0 aliphatic heterocycles. The normalized spacial score (nSPS) is 11.6. The Morgan fingerprint density at radius 1 is 1.58 bits per heavy atom. The van der Waals surface area contributed by atoms with Crippen molar-refractivity contribution in [2.75, 3.05) is 20.3 Å². The minimum absolute atomic E-state index is 0.131. The van der Waals surface area contributed by atoms with E-state index in [4.69, 9.17) is 14.5 Å². The number of hydrogen-bond donors (Lipinski definition) is 2. The van der Waals surface area contributed by atoms with Gasteiger partial charge < -0.3 is 14.5 Å². The van der Waals surface area contributed by atoms with E-state index >= 15 is 0 Å². The Hall–Kier alpha value is -0.190. The molecule has 0 fully saturated rings. The molecule has 0 aliphatic carbocycles. The summed E-state index contributed by atoms with van der Waals surface area (Å²) >= 11 is 0. The van der Waals surface area contributed by atoms with Gasteiger partial charge in [-0.3, -0.25) is 4.52 Å². The topological polar surface area (TPSA) is 76.0 Å². The van der Waals surface area contributed by atoms with Crippen molar-refractivity contribution in [3.05, 3.63) is 12.2 Å². The molecule has 0 spiro atoms. The van der Waals surface area contributed by atoms with Crippen LogP contribution in [0, 0.1) is 0 Å². The van der Waals surface area contributed by atoms with Gasteiger partial charge in [-0.15, -0.1) is 0 Å². The standard InChI is InChI=1S/C6H13O5P/c1-6(3-4-10-2)5-11-12(7,8)9/h1,3-5H2,2H3,(H2,7,8,9). The van der Waals surface area contributed by atoms with Gasteiger partial charge in [0.15, 0.2) is 0 Å². The monoisotopic (exact) mass is 196 g/mol. The Morgan fingerprint density at radius 3 is 2.58 bits per heavy atom. The summed E-state index contributed by atoms with van der Waals surface area (Å²) in [6.07, 6.45) is 0.538. The number of phosphoric ester groups is 1. The molecule has 5 nitrogen and oxygen atoms in total. The van der Waals surface area contributed by atoms with Crippen molar-refractivity contribution in [2.45, 2.75) is 6.42 Å². The highest BCUT2D eigenvalue weighted by Crippen LogP contribution is 2.36. The summed E-state index contributed by atoms with van der Waals surface area (Å²) in [5, 5.41) is 0. The molecule has 0 heterocycles. The molecule has 72 valence electrons. The van der Waals surface area contributed by atoms with E-state index in [-0.39, 0.29) is 6.61 Å². The van der Waals surface area contributed by atoms with Crippen LogP contribution in [0.15, 0.2) is 12.2 Å². The van der Waals surface area contributed by atoms with Crippen molar-refractivity contribution in [1.82, 2.24) is 0 Å². The average molecular weight is 196 g/mol. The molecule has 0 amide bonds. The molecule has 0 unspecified atom stereocenters. The maximum Gasteiger partial charge on any atom is 0.469 e. The van der Waals surface area contributed by atoms with Crippen LogP contribution in [0.4, 0.5) is 0 Å². The van der Waals surface area contributed by atoms with Crippen LogP contribution < -0.4 is 0 Å². The molecule has 0 rings (SSSR count). The Balaban J connectivity index is 3.51. The second kappa shape index (κ2) is 5.45. The van der Waals surface area contributed by atoms with Crippen molar-refractivity contribution >= 4 is 7.82 Å². The third-order valence-corrected chi connectivity index (χ3v) is 1.56. The summed E-state index contributed by atoms with van der Waals surface area (Å²) in [5.41, 5.74) is 0.597. The maximum atomic E-state index is 10.2. The van der Waals surface area contributed by atoms with Crippen LogP contribution >= 0.6 is 7.82 Å². The lowest BCUT2D eigenvalue weighted by Crippen LogP contribution is -1.98. The molecule has 0 saturated carbocycles. The molecular formula is C6H13O5P. The lowest BCUT2D eigenvalue weighted by atomic mass is 10.2. The van der Waals surface area contributed by atoms with Gasteiger partial charge in [0.1, 0.15) is 0 Å². The number of phosphoric acid groups is 1. The van der Waals surface area contributed by atoms with Crippen LogP contribution in [0.25, 0.3) is 0 Å². The second-order valence-electron chi connectivity index (χ2n) is 2.26. The highest BCUT2D eigenvalue weighted by Gasteiger charge is 2.13. The van der Waals surface area contributed by atoms with Crippen LogP contribution in [-0.4, -0.2) is 30.1 Å². The van der Waals surface area contributed by atoms with Gasteiger partial charge >= 0.3 is 7.82 Å². The second-order valence-corrected chi connectivity index (χ2v) is 3.50. The van der Waals surface area contributed by atoms with E-state index in [1.807, 2.05) is 0 Å². The summed E-state index contributed by atoms with van der Waals surface area (Å²) in [4.78, 5) is 16.6. The highest BCUT2D eigenvalue weighted by molar-refractivity contribution is 7.46. The molecule has 0 aliphatic rings. The molecule has 0 atom stereocenters. The summed E-state index contributed by atoms with van der Waals surface area (Å²) in [6.45, 7) is 3.89. The van der Waals surface area contributed by atoms with Gasteiger partial charge in [0.2, 0.25) is 0 Å². The van der Waals surface area contributed by atoms with Gasteiger partial charge in [-0.1, -0.05) is 6.58 Å². The maximum absolute atomic E-state index is 10.2. The van der Waals surface area contributed by atoms with E-state index in [0.717, 1.165) is 0 Å². The third-order valence-electron chi connectivity index (χ3n) is 1.10. The first-order chi connectivity index (χ1) is 5.45. The Bertz CT molecular complexity index is 184. The summed E-state index contributed by atoms with van der Waals surface area (Å²) in [5.74, 6) is 0. The molecule has 12 heavy (non-hydrogen) atoms. The zero-order chi connectivity index (χ0) is 9.61. The molecule has 0 saturated heterocycles. The van der Waals surface area contributed by atoms with Crippen LogP contribution in [-0.2, 0) is 13.8 Å². The van der Waals surface area contributed by atoms with Crippen molar-refractivity contribution in [3.63, 3.8) is 0 Å². The van der Waals surface area contributed by atoms with E-state index < -0.39 is 7.82 Å². The first-order valence-electron chi connectivity index (χ1n) is 3.31. The largest absolute Gasteiger partial charge is 0.469 e. The van der Waals surface area contributed by atoms with E-state index in [0.29, 0.717) is 18.6 Å². The third kappa shape index (κ3) is 7.91. The quantitative estimate of drug-likeness (QED) is 0.482. The summed E-state index contributed by atoms with van der Waals surface area (Å²) < 4.78 is 19.1. The van der Waals surface area contributed by atoms with Crippen molar-refractivity contribution in [2.24, 2.45) is 0 Å². The van der Waals surface area contributed by atoms with Gasteiger partial charge in [0.05, 0.1) is 6.61 Å². The molecular weight excluding hydrogens is 183 g/mol. The number of rotatable bonds is 6. The van der Waals surface area contributed by atoms with Gasteiger partial charge in [0.25, 0.3) is 0 Å². The van der Waals surface area contributed by atoms with E-state index in [9.17, 15) is 4.57 Å². The summed E-state index contributed by atoms with van der Waals surface area (Å²) in [7, 11) is -2.81. The Labute approximate surface area is 71.2 Å². The first-order valence-corrected chi connectivity index (χ1v) is 4.84. The Kier molecular flexibility index (Phi) is 5.37. The average Bonchev–Trinajstić information content (AvgIpc) is 1.95. The van der Waals surface area contributed by atoms with Gasteiger partial charge in [0, 0.05) is 13.7 Å². The molecule has 6 heteroatoms.